The lowest BCUT2D eigenvalue weighted by Crippen LogP contribution is -2.39. The summed E-state index contributed by atoms with van der Waals surface area (Å²) in [7, 11) is 0. The van der Waals surface area contributed by atoms with E-state index in [0.717, 1.165) is 10.9 Å². The molecule has 104 valence electrons. The maximum atomic E-state index is 11.8. The Kier molecular flexibility index (Phi) is 3.99. The molecule has 0 atom stereocenters. The number of carbonyl (C=O) groups is 3. The average molecular weight is 275 g/mol. The van der Waals surface area contributed by atoms with Crippen LogP contribution >= 0.6 is 0 Å². The van der Waals surface area contributed by atoms with Crippen LogP contribution in [0.3, 0.4) is 0 Å². The Morgan fingerprint density at radius 1 is 1.10 bits per heavy atom. The molecular formula is C13H13N3O4. The van der Waals surface area contributed by atoms with Gasteiger partial charge in [-0.25, -0.2) is 0 Å². The smallest absolute Gasteiger partial charge is 0.322 e. The molecule has 0 bridgehead atoms. The molecule has 1 aromatic carbocycles. The van der Waals surface area contributed by atoms with Crippen LogP contribution in [0, 0.1) is 0 Å². The van der Waals surface area contributed by atoms with Crippen molar-refractivity contribution in [2.45, 2.75) is 0 Å². The lowest BCUT2D eigenvalue weighted by Gasteiger charge is -2.03. The van der Waals surface area contributed by atoms with Gasteiger partial charge in [-0.1, -0.05) is 18.2 Å². The Balaban J connectivity index is 1.91. The zero-order valence-electron chi connectivity index (χ0n) is 10.5. The van der Waals surface area contributed by atoms with Crippen molar-refractivity contribution in [3.63, 3.8) is 0 Å². The highest BCUT2D eigenvalue weighted by Crippen LogP contribution is 2.14. The molecule has 7 nitrogen and oxygen atoms in total. The highest BCUT2D eigenvalue weighted by molar-refractivity contribution is 5.99. The first-order valence-electron chi connectivity index (χ1n) is 5.90. The van der Waals surface area contributed by atoms with Crippen molar-refractivity contribution in [2.75, 3.05) is 13.1 Å². The van der Waals surface area contributed by atoms with Crippen LogP contribution in [0.4, 0.5) is 0 Å². The minimum Gasteiger partial charge on any atom is -0.480 e. The second kappa shape index (κ2) is 5.87. The highest BCUT2D eigenvalue weighted by Gasteiger charge is 2.11. The van der Waals surface area contributed by atoms with Crippen LogP contribution in [0.2, 0.25) is 0 Å². The van der Waals surface area contributed by atoms with E-state index in [-0.39, 0.29) is 6.54 Å². The van der Waals surface area contributed by atoms with Crippen molar-refractivity contribution in [3.8, 4) is 0 Å². The molecule has 0 saturated heterocycles. The second-order valence-corrected chi connectivity index (χ2v) is 4.12. The number of fused-ring (bicyclic) bond motifs is 1. The van der Waals surface area contributed by atoms with Gasteiger partial charge in [0, 0.05) is 10.9 Å². The molecule has 0 aliphatic heterocycles. The molecule has 0 fully saturated rings. The van der Waals surface area contributed by atoms with Gasteiger partial charge in [-0.05, 0) is 12.1 Å². The summed E-state index contributed by atoms with van der Waals surface area (Å²) in [6.45, 7) is -0.747. The van der Waals surface area contributed by atoms with E-state index in [0.29, 0.717) is 5.69 Å². The largest absolute Gasteiger partial charge is 0.480 e. The minimum atomic E-state index is -1.14. The van der Waals surface area contributed by atoms with E-state index >= 15 is 0 Å². The Bertz CT molecular complexity index is 629. The standard InChI is InChI=1S/C13H13N3O4/c17-11(14-7-12(18)19)6-15-13(20)10-5-8-3-1-2-4-9(8)16-10/h1-5,16H,6-7H2,(H,14,17)(H,15,20)(H,18,19). The number of hydrogen-bond acceptors (Lipinski definition) is 3. The summed E-state index contributed by atoms with van der Waals surface area (Å²) < 4.78 is 0. The number of benzene rings is 1. The van der Waals surface area contributed by atoms with Crippen molar-refractivity contribution in [1.29, 1.82) is 0 Å². The predicted molar refractivity (Wildman–Crippen MR) is 71.3 cm³/mol. The molecular weight excluding hydrogens is 262 g/mol. The summed E-state index contributed by atoms with van der Waals surface area (Å²) in [6.07, 6.45) is 0. The third-order valence-corrected chi connectivity index (χ3v) is 2.62. The first-order chi connectivity index (χ1) is 9.56. The number of hydrogen-bond donors (Lipinski definition) is 4. The van der Waals surface area contributed by atoms with Gasteiger partial charge in [0.2, 0.25) is 5.91 Å². The number of aromatic nitrogens is 1. The number of carboxylic acids is 1. The number of nitrogens with one attached hydrogen (secondary N) is 3. The Hall–Kier alpha value is -2.83. The molecule has 0 saturated carbocycles. The summed E-state index contributed by atoms with van der Waals surface area (Å²) in [5, 5.41) is 13.8. The topological polar surface area (TPSA) is 111 Å². The summed E-state index contributed by atoms with van der Waals surface area (Å²) in [5.41, 5.74) is 1.17. The van der Waals surface area contributed by atoms with Gasteiger partial charge in [0.15, 0.2) is 0 Å². The van der Waals surface area contributed by atoms with Crippen LogP contribution in [-0.2, 0) is 9.59 Å². The Labute approximate surface area is 114 Å². The van der Waals surface area contributed by atoms with Gasteiger partial charge in [0.05, 0.1) is 6.54 Å². The van der Waals surface area contributed by atoms with E-state index in [9.17, 15) is 14.4 Å². The average Bonchev–Trinajstić information content (AvgIpc) is 2.86. The van der Waals surface area contributed by atoms with Gasteiger partial charge < -0.3 is 20.7 Å². The molecule has 2 rings (SSSR count). The van der Waals surface area contributed by atoms with Crippen LogP contribution in [0.25, 0.3) is 10.9 Å². The molecule has 0 aliphatic rings. The molecule has 0 spiro atoms. The molecule has 7 heteroatoms. The van der Waals surface area contributed by atoms with Crippen molar-refractivity contribution < 1.29 is 19.5 Å². The molecule has 2 aromatic rings. The highest BCUT2D eigenvalue weighted by atomic mass is 16.4. The van der Waals surface area contributed by atoms with Gasteiger partial charge in [-0.2, -0.15) is 0 Å². The van der Waals surface area contributed by atoms with Crippen molar-refractivity contribution >= 4 is 28.7 Å². The van der Waals surface area contributed by atoms with Crippen LogP contribution in [0.15, 0.2) is 30.3 Å². The summed E-state index contributed by atoms with van der Waals surface area (Å²) in [6, 6.07) is 9.09. The van der Waals surface area contributed by atoms with Crippen LogP contribution in [0.5, 0.6) is 0 Å². The summed E-state index contributed by atoms with van der Waals surface area (Å²) in [5.74, 6) is -2.12. The third kappa shape index (κ3) is 3.35. The number of carboxylic acid groups (broad SMARTS) is 1. The normalized spacial score (nSPS) is 10.2. The molecule has 1 heterocycles. The fraction of sp³-hybridized carbons (Fsp3) is 0.154. The zero-order chi connectivity index (χ0) is 14.5. The molecule has 1 aromatic heterocycles. The zero-order valence-corrected chi connectivity index (χ0v) is 10.5. The van der Waals surface area contributed by atoms with E-state index < -0.39 is 24.3 Å². The van der Waals surface area contributed by atoms with Crippen molar-refractivity contribution in [3.05, 3.63) is 36.0 Å². The molecule has 0 radical (unpaired) electrons. The first-order valence-corrected chi connectivity index (χ1v) is 5.90. The SMILES string of the molecule is O=C(O)CNC(=O)CNC(=O)c1cc2ccccc2[nH]1. The number of aromatic amines is 1. The number of rotatable bonds is 5. The Morgan fingerprint density at radius 3 is 2.55 bits per heavy atom. The van der Waals surface area contributed by atoms with Crippen LogP contribution < -0.4 is 10.6 Å². The maximum absolute atomic E-state index is 11.8. The van der Waals surface area contributed by atoms with E-state index in [4.69, 9.17) is 5.11 Å². The van der Waals surface area contributed by atoms with Crippen LogP contribution in [-0.4, -0.2) is 41.0 Å². The van der Waals surface area contributed by atoms with Crippen LogP contribution in [0.1, 0.15) is 10.5 Å². The molecule has 4 N–H and O–H groups in total. The minimum absolute atomic E-state index is 0.276. The van der Waals surface area contributed by atoms with E-state index in [1.807, 2.05) is 24.3 Å². The number of aliphatic carboxylic acids is 1. The maximum Gasteiger partial charge on any atom is 0.322 e. The molecule has 20 heavy (non-hydrogen) atoms. The van der Waals surface area contributed by atoms with E-state index in [1.165, 1.54) is 0 Å². The number of amides is 2. The van der Waals surface area contributed by atoms with Crippen molar-refractivity contribution in [1.82, 2.24) is 15.6 Å². The lowest BCUT2D eigenvalue weighted by atomic mass is 10.2. The van der Waals surface area contributed by atoms with Gasteiger partial charge >= 0.3 is 5.97 Å². The third-order valence-electron chi connectivity index (χ3n) is 2.62. The predicted octanol–water partition coefficient (Wildman–Crippen LogP) is 0.0985. The Morgan fingerprint density at radius 2 is 1.85 bits per heavy atom. The molecule has 2 amide bonds. The van der Waals surface area contributed by atoms with E-state index in [2.05, 4.69) is 15.6 Å². The lowest BCUT2D eigenvalue weighted by molar-refractivity contribution is -0.137. The van der Waals surface area contributed by atoms with Gasteiger partial charge in [0.1, 0.15) is 12.2 Å². The fourth-order valence-electron chi connectivity index (χ4n) is 1.69. The van der Waals surface area contributed by atoms with Gasteiger partial charge in [-0.3, -0.25) is 14.4 Å². The van der Waals surface area contributed by atoms with Crippen molar-refractivity contribution in [2.24, 2.45) is 0 Å². The summed E-state index contributed by atoms with van der Waals surface area (Å²) >= 11 is 0. The van der Waals surface area contributed by atoms with Gasteiger partial charge in [0.25, 0.3) is 5.91 Å². The fourth-order valence-corrected chi connectivity index (χ4v) is 1.69. The first kappa shape index (κ1) is 13.6. The second-order valence-electron chi connectivity index (χ2n) is 4.12. The van der Waals surface area contributed by atoms with E-state index in [1.54, 1.807) is 6.07 Å². The molecule has 0 aliphatic carbocycles. The quantitative estimate of drug-likeness (QED) is 0.620. The monoisotopic (exact) mass is 275 g/mol. The molecule has 0 unspecified atom stereocenters. The van der Waals surface area contributed by atoms with Gasteiger partial charge in [-0.15, -0.1) is 0 Å². The summed E-state index contributed by atoms with van der Waals surface area (Å²) in [4.78, 5) is 36.3. The number of H-pyrrole nitrogens is 1. The number of carbonyl (C=O) groups excluding carboxylic acids is 2. The number of para-hydroxylation sites is 1.